The van der Waals surface area contributed by atoms with Gasteiger partial charge in [-0.05, 0) is 83.6 Å². The van der Waals surface area contributed by atoms with Gasteiger partial charge in [-0.15, -0.1) is 5.10 Å². The van der Waals surface area contributed by atoms with E-state index in [2.05, 4.69) is 53.7 Å². The topological polar surface area (TPSA) is 113 Å². The Morgan fingerprint density at radius 2 is 2.06 bits per heavy atom. The number of aliphatic hydroxyl groups is 1. The Morgan fingerprint density at radius 3 is 2.74 bits per heavy atom. The average Bonchev–Trinajstić information content (AvgIpc) is 3.15. The molecule has 2 aromatic rings. The predicted octanol–water partition coefficient (Wildman–Crippen LogP) is 3.81. The molecule has 1 saturated heterocycles. The van der Waals surface area contributed by atoms with Gasteiger partial charge in [0, 0.05) is 31.2 Å². The Kier molecular flexibility index (Phi) is 6.61. The second-order valence-corrected chi connectivity index (χ2v) is 11.0. The third-order valence-corrected chi connectivity index (χ3v) is 6.66. The highest BCUT2D eigenvalue weighted by atomic mass is 16.6. The number of piperazine rings is 1. The highest BCUT2D eigenvalue weighted by Gasteiger charge is 2.40. The number of benzene rings is 1. The molecule has 1 amide bonds. The third kappa shape index (κ3) is 5.36. The molecule has 1 aliphatic carbocycles. The van der Waals surface area contributed by atoms with E-state index in [0.717, 1.165) is 28.9 Å². The first-order chi connectivity index (χ1) is 15.9. The van der Waals surface area contributed by atoms with E-state index >= 15 is 0 Å². The zero-order chi connectivity index (χ0) is 24.7. The van der Waals surface area contributed by atoms with Gasteiger partial charge in [-0.25, -0.2) is 4.79 Å². The van der Waals surface area contributed by atoms with Gasteiger partial charge >= 0.3 is 12.1 Å². The number of hydrogen-bond acceptors (Lipinski definition) is 8. The molecular formula is C25H37N5O4. The molecule has 4 rings (SSSR count). The van der Waals surface area contributed by atoms with Gasteiger partial charge in [-0.3, -0.25) is 4.90 Å². The quantitative estimate of drug-likeness (QED) is 0.603. The normalized spacial score (nSPS) is 25.1. The summed E-state index contributed by atoms with van der Waals surface area (Å²) >= 11 is 0. The van der Waals surface area contributed by atoms with Crippen molar-refractivity contribution in [2.75, 3.05) is 25.0 Å². The highest BCUT2D eigenvalue weighted by molar-refractivity contribution is 5.70. The number of hydrogen-bond donors (Lipinski definition) is 3. The Balaban J connectivity index is 1.54. The van der Waals surface area contributed by atoms with Gasteiger partial charge in [0.15, 0.2) is 0 Å². The lowest BCUT2D eigenvalue weighted by Crippen LogP contribution is -2.63. The highest BCUT2D eigenvalue weighted by Crippen LogP contribution is 2.37. The van der Waals surface area contributed by atoms with Crippen molar-refractivity contribution in [1.82, 2.24) is 20.4 Å². The lowest BCUT2D eigenvalue weighted by Gasteiger charge is -2.45. The number of rotatable bonds is 5. The summed E-state index contributed by atoms with van der Waals surface area (Å²) in [7, 11) is 0. The molecule has 9 heteroatoms. The monoisotopic (exact) mass is 471 g/mol. The zero-order valence-corrected chi connectivity index (χ0v) is 21.1. The fourth-order valence-electron chi connectivity index (χ4n) is 4.71. The van der Waals surface area contributed by atoms with E-state index in [1.165, 1.54) is 0 Å². The van der Waals surface area contributed by atoms with Crippen molar-refractivity contribution >= 4 is 17.8 Å². The average molecular weight is 472 g/mol. The molecule has 1 saturated carbocycles. The Labute approximate surface area is 201 Å². The largest absolute Gasteiger partial charge is 0.444 e. The number of ether oxygens (including phenoxy) is 1. The van der Waals surface area contributed by atoms with Crippen LogP contribution in [0.4, 0.5) is 16.5 Å². The number of nitrogens with one attached hydrogen (secondary N) is 2. The van der Waals surface area contributed by atoms with Crippen LogP contribution >= 0.6 is 0 Å². The van der Waals surface area contributed by atoms with Crippen LogP contribution < -0.4 is 10.6 Å². The summed E-state index contributed by atoms with van der Waals surface area (Å²) in [4.78, 5) is 14.9. The van der Waals surface area contributed by atoms with Crippen molar-refractivity contribution in [3.8, 4) is 0 Å². The number of aliphatic hydroxyl groups excluding tert-OH is 1. The fourth-order valence-corrected chi connectivity index (χ4v) is 4.71. The van der Waals surface area contributed by atoms with E-state index in [4.69, 9.17) is 9.15 Å². The van der Waals surface area contributed by atoms with E-state index in [1.807, 2.05) is 25.7 Å². The number of nitrogens with zero attached hydrogens (tertiary/aromatic N) is 3. The molecule has 2 heterocycles. The van der Waals surface area contributed by atoms with Crippen molar-refractivity contribution in [2.24, 2.45) is 0 Å². The SMILES string of the molecule is Cc1cc(C[C@@]2(C)CNCCN2C(=O)OC(C)(C)C)c(C)c(Nc2nnc(C3CC(O)C3)o2)c1. The van der Waals surface area contributed by atoms with Crippen molar-refractivity contribution in [1.29, 1.82) is 0 Å². The predicted molar refractivity (Wildman–Crippen MR) is 129 cm³/mol. The number of amides is 1. The number of aryl methyl sites for hydroxylation is 1. The van der Waals surface area contributed by atoms with E-state index < -0.39 is 11.1 Å². The summed E-state index contributed by atoms with van der Waals surface area (Å²) in [6.45, 7) is 13.9. The maximum Gasteiger partial charge on any atom is 0.410 e. The van der Waals surface area contributed by atoms with Gasteiger partial charge in [0.25, 0.3) is 0 Å². The van der Waals surface area contributed by atoms with E-state index in [9.17, 15) is 9.90 Å². The minimum atomic E-state index is -0.542. The van der Waals surface area contributed by atoms with E-state index in [0.29, 0.717) is 44.3 Å². The van der Waals surface area contributed by atoms with Crippen molar-refractivity contribution in [2.45, 2.75) is 84.0 Å². The second kappa shape index (κ2) is 9.19. The number of anilines is 2. The lowest BCUT2D eigenvalue weighted by molar-refractivity contribution is -0.00681. The van der Waals surface area contributed by atoms with Gasteiger partial charge in [0.1, 0.15) is 5.60 Å². The lowest BCUT2D eigenvalue weighted by atomic mass is 9.82. The standard InChI is InChI=1S/C25H37N5O4/c1-15-9-18(13-25(6)14-26-7-8-30(25)23(32)34-24(3,4)5)16(2)20(10-15)27-22-29-28-21(33-22)17-11-19(31)12-17/h9-10,17,19,26,31H,7-8,11-14H2,1-6H3,(H,27,29)/t17?,19?,25-/m0/s1. The molecule has 0 spiro atoms. The van der Waals surface area contributed by atoms with Gasteiger partial charge in [-0.1, -0.05) is 11.2 Å². The molecule has 1 aromatic heterocycles. The fraction of sp³-hybridized carbons (Fsp3) is 0.640. The molecule has 1 atom stereocenters. The maximum atomic E-state index is 13.0. The minimum Gasteiger partial charge on any atom is -0.444 e. The molecule has 2 aliphatic rings. The van der Waals surface area contributed by atoms with Gasteiger partial charge in [0.05, 0.1) is 11.6 Å². The minimum absolute atomic E-state index is 0.129. The van der Waals surface area contributed by atoms with Gasteiger partial charge < -0.3 is 24.9 Å². The number of aromatic nitrogens is 2. The molecule has 3 N–H and O–H groups in total. The molecule has 1 aromatic carbocycles. The van der Waals surface area contributed by atoms with Gasteiger partial charge in [-0.2, -0.15) is 0 Å². The molecule has 186 valence electrons. The summed E-state index contributed by atoms with van der Waals surface area (Å²) in [5.74, 6) is 0.692. The first-order valence-corrected chi connectivity index (χ1v) is 12.0. The number of carbonyl (C=O) groups excluding carboxylic acids is 1. The van der Waals surface area contributed by atoms with Crippen molar-refractivity contribution < 1.29 is 19.1 Å². The van der Waals surface area contributed by atoms with Crippen LogP contribution in [0.5, 0.6) is 0 Å². The first kappa shape index (κ1) is 24.5. The third-order valence-electron chi connectivity index (χ3n) is 6.66. The summed E-state index contributed by atoms with van der Waals surface area (Å²) in [6.07, 6.45) is 1.45. The molecule has 34 heavy (non-hydrogen) atoms. The van der Waals surface area contributed by atoms with Crippen LogP contribution in [0.3, 0.4) is 0 Å². The van der Waals surface area contributed by atoms with Crippen molar-refractivity contribution in [3.63, 3.8) is 0 Å². The number of carbonyl (C=O) groups is 1. The van der Waals surface area contributed by atoms with E-state index in [-0.39, 0.29) is 18.1 Å². The van der Waals surface area contributed by atoms with Crippen LogP contribution in [0.25, 0.3) is 0 Å². The summed E-state index contributed by atoms with van der Waals surface area (Å²) < 4.78 is 11.5. The van der Waals surface area contributed by atoms with Crippen LogP contribution in [0, 0.1) is 13.8 Å². The summed E-state index contributed by atoms with van der Waals surface area (Å²) in [5, 5.41) is 24.6. The molecule has 2 fully saturated rings. The van der Waals surface area contributed by atoms with Crippen molar-refractivity contribution in [3.05, 3.63) is 34.7 Å². The summed E-state index contributed by atoms with van der Waals surface area (Å²) in [5.41, 5.74) is 3.24. The Hall–Kier alpha value is -2.65. The molecular weight excluding hydrogens is 434 g/mol. The Bertz CT molecular complexity index is 1040. The molecule has 0 bridgehead atoms. The van der Waals surface area contributed by atoms with Crippen LogP contribution in [0.1, 0.15) is 69.0 Å². The smallest absolute Gasteiger partial charge is 0.410 e. The molecule has 9 nitrogen and oxygen atoms in total. The molecule has 0 radical (unpaired) electrons. The van der Waals surface area contributed by atoms with Crippen LogP contribution in [0.15, 0.2) is 16.5 Å². The first-order valence-electron chi connectivity index (χ1n) is 12.0. The van der Waals surface area contributed by atoms with Gasteiger partial charge in [0.2, 0.25) is 5.89 Å². The molecule has 0 unspecified atom stereocenters. The van der Waals surface area contributed by atoms with Crippen LogP contribution in [-0.4, -0.2) is 63.2 Å². The van der Waals surface area contributed by atoms with Crippen LogP contribution in [0.2, 0.25) is 0 Å². The summed E-state index contributed by atoms with van der Waals surface area (Å²) in [6, 6.07) is 4.57. The Morgan fingerprint density at radius 1 is 1.32 bits per heavy atom. The maximum absolute atomic E-state index is 13.0. The zero-order valence-electron chi connectivity index (χ0n) is 21.1. The van der Waals surface area contributed by atoms with E-state index in [1.54, 1.807) is 0 Å². The molecule has 1 aliphatic heterocycles. The van der Waals surface area contributed by atoms with Crippen LogP contribution in [-0.2, 0) is 11.2 Å². The second-order valence-electron chi connectivity index (χ2n) is 11.0.